The lowest BCUT2D eigenvalue weighted by atomic mass is 10.2. The van der Waals surface area contributed by atoms with Crippen LogP contribution in [0.25, 0.3) is 10.9 Å². The topological polar surface area (TPSA) is 99.5 Å². The van der Waals surface area contributed by atoms with Crippen LogP contribution in [0, 0.1) is 0 Å². The zero-order valence-corrected chi connectivity index (χ0v) is 9.91. The summed E-state index contributed by atoms with van der Waals surface area (Å²) in [6.07, 6.45) is 0. The van der Waals surface area contributed by atoms with E-state index in [0.717, 1.165) is 5.39 Å². The number of nitrogens with one attached hydrogen (secondary N) is 1. The van der Waals surface area contributed by atoms with Gasteiger partial charge in [0, 0.05) is 5.39 Å². The lowest BCUT2D eigenvalue weighted by Crippen LogP contribution is -2.43. The third-order valence-electron chi connectivity index (χ3n) is 2.62. The van der Waals surface area contributed by atoms with Gasteiger partial charge in [0.2, 0.25) is 0 Å². The average Bonchev–Trinajstić information content (AvgIpc) is 2.43. The molecule has 1 heterocycles. The van der Waals surface area contributed by atoms with E-state index in [0.29, 0.717) is 5.52 Å². The minimum atomic E-state index is -1.33. The number of hydrogen-bond acceptors (Lipinski definition) is 4. The van der Waals surface area contributed by atoms with Crippen LogP contribution in [-0.4, -0.2) is 39.7 Å². The minimum absolute atomic E-state index is 0.110. The summed E-state index contributed by atoms with van der Waals surface area (Å²) in [5.41, 5.74) is 0.754. The van der Waals surface area contributed by atoms with Gasteiger partial charge in [0.05, 0.1) is 12.1 Å². The van der Waals surface area contributed by atoms with E-state index in [1.807, 2.05) is 12.1 Å². The number of aliphatic carboxylic acids is 1. The largest absolute Gasteiger partial charge is 0.480 e. The van der Waals surface area contributed by atoms with Crippen LogP contribution in [0.3, 0.4) is 0 Å². The Bertz CT molecular complexity index is 627. The Morgan fingerprint density at radius 2 is 1.95 bits per heavy atom. The van der Waals surface area contributed by atoms with Crippen LogP contribution in [-0.2, 0) is 4.79 Å². The Morgan fingerprint density at radius 1 is 1.21 bits per heavy atom. The molecular formula is C13H12N2O4. The summed E-state index contributed by atoms with van der Waals surface area (Å²) in [4.78, 5) is 26.7. The molecular weight excluding hydrogens is 248 g/mol. The molecule has 0 aliphatic carbocycles. The number of rotatable bonds is 4. The number of pyridine rings is 1. The molecule has 0 unspecified atom stereocenters. The van der Waals surface area contributed by atoms with Gasteiger partial charge >= 0.3 is 5.97 Å². The predicted octanol–water partition coefficient (Wildman–Crippen LogP) is 0.410. The molecule has 0 aliphatic rings. The number of carbonyl (C=O) groups excluding carboxylic acids is 1. The second-order valence-electron chi connectivity index (χ2n) is 3.94. The van der Waals surface area contributed by atoms with Gasteiger partial charge in [-0.2, -0.15) is 0 Å². The maximum Gasteiger partial charge on any atom is 0.328 e. The highest BCUT2D eigenvalue weighted by molar-refractivity contribution is 5.96. The Hall–Kier alpha value is -2.47. The van der Waals surface area contributed by atoms with Crippen molar-refractivity contribution in [1.82, 2.24) is 10.3 Å². The highest BCUT2D eigenvalue weighted by Crippen LogP contribution is 2.11. The predicted molar refractivity (Wildman–Crippen MR) is 67.7 cm³/mol. The molecule has 1 aromatic carbocycles. The molecule has 2 rings (SSSR count). The van der Waals surface area contributed by atoms with Crippen molar-refractivity contribution in [2.24, 2.45) is 0 Å². The molecule has 1 aromatic heterocycles. The number of carbonyl (C=O) groups is 2. The average molecular weight is 260 g/mol. The zero-order valence-electron chi connectivity index (χ0n) is 9.91. The Labute approximate surface area is 108 Å². The van der Waals surface area contributed by atoms with Crippen molar-refractivity contribution in [2.75, 3.05) is 6.61 Å². The Morgan fingerprint density at radius 3 is 2.63 bits per heavy atom. The van der Waals surface area contributed by atoms with Gasteiger partial charge in [-0.05, 0) is 12.1 Å². The fourth-order valence-electron chi connectivity index (χ4n) is 1.61. The molecule has 3 N–H and O–H groups in total. The summed E-state index contributed by atoms with van der Waals surface area (Å²) in [5, 5.41) is 20.7. The molecule has 6 heteroatoms. The van der Waals surface area contributed by atoms with Crippen LogP contribution in [0.2, 0.25) is 0 Å². The summed E-state index contributed by atoms with van der Waals surface area (Å²) in [5.74, 6) is -1.93. The number of aromatic nitrogens is 1. The highest BCUT2D eigenvalue weighted by atomic mass is 16.4. The number of hydrogen-bond donors (Lipinski definition) is 3. The zero-order chi connectivity index (χ0) is 13.8. The fraction of sp³-hybridized carbons (Fsp3) is 0.154. The van der Waals surface area contributed by atoms with Crippen molar-refractivity contribution in [3.8, 4) is 0 Å². The molecule has 0 radical (unpaired) electrons. The third-order valence-corrected chi connectivity index (χ3v) is 2.62. The first kappa shape index (κ1) is 13.0. The minimum Gasteiger partial charge on any atom is -0.480 e. The van der Waals surface area contributed by atoms with Gasteiger partial charge in [0.25, 0.3) is 5.91 Å². The first-order valence-electron chi connectivity index (χ1n) is 5.62. The van der Waals surface area contributed by atoms with Crippen LogP contribution >= 0.6 is 0 Å². The van der Waals surface area contributed by atoms with E-state index < -0.39 is 24.5 Å². The first-order chi connectivity index (χ1) is 9.11. The monoisotopic (exact) mass is 260 g/mol. The Kier molecular flexibility index (Phi) is 3.72. The van der Waals surface area contributed by atoms with Crippen molar-refractivity contribution in [2.45, 2.75) is 6.04 Å². The molecule has 1 atom stereocenters. The number of fused-ring (bicyclic) bond motifs is 1. The number of amides is 1. The van der Waals surface area contributed by atoms with E-state index in [-0.39, 0.29) is 5.69 Å². The summed E-state index contributed by atoms with van der Waals surface area (Å²) >= 11 is 0. The molecule has 0 saturated heterocycles. The van der Waals surface area contributed by atoms with Crippen molar-refractivity contribution in [1.29, 1.82) is 0 Å². The molecule has 0 bridgehead atoms. The smallest absolute Gasteiger partial charge is 0.328 e. The van der Waals surface area contributed by atoms with Crippen LogP contribution in [0.4, 0.5) is 0 Å². The molecule has 1 amide bonds. The first-order valence-corrected chi connectivity index (χ1v) is 5.62. The van der Waals surface area contributed by atoms with E-state index in [1.165, 1.54) is 6.07 Å². The molecule has 2 aromatic rings. The number of carboxylic acids is 1. The normalized spacial score (nSPS) is 12.1. The molecule has 0 fully saturated rings. The van der Waals surface area contributed by atoms with E-state index in [4.69, 9.17) is 10.2 Å². The van der Waals surface area contributed by atoms with Gasteiger partial charge < -0.3 is 15.5 Å². The van der Waals surface area contributed by atoms with Crippen molar-refractivity contribution in [3.63, 3.8) is 0 Å². The quantitative estimate of drug-likeness (QED) is 0.739. The van der Waals surface area contributed by atoms with Gasteiger partial charge in [0.15, 0.2) is 6.04 Å². The van der Waals surface area contributed by atoms with Crippen LogP contribution < -0.4 is 5.32 Å². The fourth-order valence-corrected chi connectivity index (χ4v) is 1.61. The number of aliphatic hydroxyl groups is 1. The second kappa shape index (κ2) is 5.45. The van der Waals surface area contributed by atoms with Crippen molar-refractivity contribution in [3.05, 3.63) is 42.1 Å². The Balaban J connectivity index is 2.24. The van der Waals surface area contributed by atoms with Gasteiger partial charge in [-0.25, -0.2) is 9.78 Å². The maximum absolute atomic E-state index is 11.8. The number of carboxylic acid groups (broad SMARTS) is 1. The molecule has 0 aliphatic heterocycles. The van der Waals surface area contributed by atoms with Gasteiger partial charge in [-0.3, -0.25) is 4.79 Å². The molecule has 19 heavy (non-hydrogen) atoms. The highest BCUT2D eigenvalue weighted by Gasteiger charge is 2.20. The van der Waals surface area contributed by atoms with E-state index in [9.17, 15) is 9.59 Å². The number of benzene rings is 1. The SMILES string of the molecule is O=C(N[C@H](CO)C(=O)O)c1ccc2ccccc2n1. The van der Waals surface area contributed by atoms with Gasteiger partial charge in [-0.1, -0.05) is 24.3 Å². The van der Waals surface area contributed by atoms with Crippen LogP contribution in [0.15, 0.2) is 36.4 Å². The van der Waals surface area contributed by atoms with E-state index in [1.54, 1.807) is 18.2 Å². The van der Waals surface area contributed by atoms with Crippen LogP contribution in [0.5, 0.6) is 0 Å². The van der Waals surface area contributed by atoms with Crippen molar-refractivity contribution >= 4 is 22.8 Å². The molecule has 0 saturated carbocycles. The summed E-state index contributed by atoms with van der Waals surface area (Å²) in [6.45, 7) is -0.672. The van der Waals surface area contributed by atoms with Gasteiger partial charge in [-0.15, -0.1) is 0 Å². The summed E-state index contributed by atoms with van der Waals surface area (Å²) < 4.78 is 0. The number of nitrogens with zero attached hydrogens (tertiary/aromatic N) is 1. The standard InChI is InChI=1S/C13H12N2O4/c16-7-11(13(18)19)15-12(17)10-6-5-8-3-1-2-4-9(8)14-10/h1-6,11,16H,7H2,(H,15,17)(H,18,19)/t11-/m1/s1. The maximum atomic E-state index is 11.8. The molecule has 0 spiro atoms. The summed E-state index contributed by atoms with van der Waals surface area (Å²) in [6, 6.07) is 9.17. The van der Waals surface area contributed by atoms with Gasteiger partial charge in [0.1, 0.15) is 5.69 Å². The van der Waals surface area contributed by atoms with Crippen molar-refractivity contribution < 1.29 is 19.8 Å². The van der Waals surface area contributed by atoms with E-state index >= 15 is 0 Å². The van der Waals surface area contributed by atoms with E-state index in [2.05, 4.69) is 10.3 Å². The summed E-state index contributed by atoms with van der Waals surface area (Å²) in [7, 11) is 0. The lowest BCUT2D eigenvalue weighted by molar-refractivity contribution is -0.140. The molecule has 6 nitrogen and oxygen atoms in total. The third kappa shape index (κ3) is 2.86. The van der Waals surface area contributed by atoms with Crippen LogP contribution in [0.1, 0.15) is 10.5 Å². The lowest BCUT2D eigenvalue weighted by Gasteiger charge is -2.11. The molecule has 98 valence electrons. The second-order valence-corrected chi connectivity index (χ2v) is 3.94. The number of para-hydroxylation sites is 1. The number of aliphatic hydroxyl groups excluding tert-OH is 1.